The van der Waals surface area contributed by atoms with Gasteiger partial charge in [0, 0.05) is 18.8 Å². The first-order chi connectivity index (χ1) is 8.60. The largest absolute Gasteiger partial charge is 0.395 e. The smallest absolute Gasteiger partial charge is 0.249 e. The van der Waals surface area contributed by atoms with E-state index < -0.39 is 10.9 Å². The second-order valence-electron chi connectivity index (χ2n) is 4.17. The van der Waals surface area contributed by atoms with Crippen LogP contribution in [0.4, 0.5) is 11.4 Å². The van der Waals surface area contributed by atoms with Gasteiger partial charge in [0.2, 0.25) is 10.9 Å². The second kappa shape index (κ2) is 4.64. The van der Waals surface area contributed by atoms with Crippen LogP contribution in [0.25, 0.3) is 11.1 Å². The third kappa shape index (κ3) is 1.79. The van der Waals surface area contributed by atoms with Crippen LogP contribution < -0.4 is 21.5 Å². The van der Waals surface area contributed by atoms with E-state index in [1.165, 1.54) is 0 Å². The van der Waals surface area contributed by atoms with Gasteiger partial charge in [0.1, 0.15) is 0 Å². The molecule has 0 aliphatic rings. The minimum Gasteiger partial charge on any atom is -0.395 e. The molecule has 2 aromatic carbocycles. The molecule has 0 aliphatic carbocycles. The average Bonchev–Trinajstić information content (AvgIpc) is 2.41. The molecule has 0 heterocycles. The normalized spacial score (nSPS) is 10.8. The number of nitrogen functional groups attached to an aromatic ring is 1. The maximum Gasteiger partial charge on any atom is 0.249 e. The molecule has 0 aromatic heterocycles. The van der Waals surface area contributed by atoms with E-state index >= 15 is 0 Å². The summed E-state index contributed by atoms with van der Waals surface area (Å²) in [6, 6.07) is 7.55. The zero-order valence-electron chi connectivity index (χ0n) is 10.6. The number of anilines is 2. The molecule has 0 saturated heterocycles. The number of nitrogens with two attached hydrogens (primary N) is 1. The van der Waals surface area contributed by atoms with E-state index in [2.05, 4.69) is 18.7 Å². The van der Waals surface area contributed by atoms with E-state index in [4.69, 9.17) is 5.73 Å². The van der Waals surface area contributed by atoms with Crippen LogP contribution in [-0.4, -0.2) is 13.1 Å². The number of hydrogen-bond donors (Lipinski definition) is 1. The summed E-state index contributed by atoms with van der Waals surface area (Å²) in [4.78, 5) is 24.7. The summed E-state index contributed by atoms with van der Waals surface area (Å²) < 4.78 is 0. The Labute approximate surface area is 105 Å². The first kappa shape index (κ1) is 12.4. The Kier molecular flexibility index (Phi) is 3.19. The van der Waals surface area contributed by atoms with E-state index in [-0.39, 0.29) is 5.69 Å². The van der Waals surface area contributed by atoms with Crippen molar-refractivity contribution in [2.75, 3.05) is 23.7 Å². The van der Waals surface area contributed by atoms with Gasteiger partial charge < -0.3 is 10.6 Å². The topological polar surface area (TPSA) is 63.4 Å². The van der Waals surface area contributed by atoms with Gasteiger partial charge in [-0.1, -0.05) is 12.1 Å². The van der Waals surface area contributed by atoms with Gasteiger partial charge in [-0.3, -0.25) is 9.59 Å². The highest BCUT2D eigenvalue weighted by Crippen LogP contribution is 2.24. The SMILES string of the molecule is CCN(CC)c1ccc(-c2c(N)c(=O)c2=O)cc1. The van der Waals surface area contributed by atoms with Crippen molar-refractivity contribution in [2.24, 2.45) is 0 Å². The van der Waals surface area contributed by atoms with Crippen molar-refractivity contribution in [3.05, 3.63) is 44.7 Å². The van der Waals surface area contributed by atoms with Gasteiger partial charge in [0.15, 0.2) is 0 Å². The molecule has 18 heavy (non-hydrogen) atoms. The zero-order valence-corrected chi connectivity index (χ0v) is 10.6. The summed E-state index contributed by atoms with van der Waals surface area (Å²) in [6.45, 7) is 6.04. The van der Waals surface area contributed by atoms with Gasteiger partial charge in [-0.05, 0) is 31.5 Å². The number of rotatable bonds is 4. The van der Waals surface area contributed by atoms with E-state index in [0.29, 0.717) is 11.1 Å². The van der Waals surface area contributed by atoms with Crippen molar-refractivity contribution >= 4 is 11.4 Å². The van der Waals surface area contributed by atoms with Crippen LogP contribution in [0.15, 0.2) is 33.9 Å². The summed E-state index contributed by atoms with van der Waals surface area (Å²) in [5.74, 6) is 0. The van der Waals surface area contributed by atoms with Gasteiger partial charge in [-0.25, -0.2) is 0 Å². The highest BCUT2D eigenvalue weighted by Gasteiger charge is 2.19. The first-order valence-corrected chi connectivity index (χ1v) is 6.04. The van der Waals surface area contributed by atoms with Gasteiger partial charge in [-0.2, -0.15) is 0 Å². The molecule has 0 amide bonds. The van der Waals surface area contributed by atoms with Crippen molar-refractivity contribution in [3.8, 4) is 11.1 Å². The Balaban J connectivity index is 2.34. The average molecular weight is 244 g/mol. The monoisotopic (exact) mass is 244 g/mol. The fourth-order valence-corrected chi connectivity index (χ4v) is 2.12. The lowest BCUT2D eigenvalue weighted by Gasteiger charge is -2.21. The maximum atomic E-state index is 11.4. The Morgan fingerprint density at radius 3 is 2.00 bits per heavy atom. The lowest BCUT2D eigenvalue weighted by molar-refractivity contribution is 0.866. The van der Waals surface area contributed by atoms with Crippen LogP contribution in [-0.2, 0) is 0 Å². The summed E-state index contributed by atoms with van der Waals surface area (Å²) in [5, 5.41) is 0. The molecule has 0 atom stereocenters. The van der Waals surface area contributed by atoms with Crippen molar-refractivity contribution in [3.63, 3.8) is 0 Å². The molecule has 94 valence electrons. The van der Waals surface area contributed by atoms with Gasteiger partial charge in [0.05, 0.1) is 11.3 Å². The first-order valence-electron chi connectivity index (χ1n) is 6.04. The van der Waals surface area contributed by atoms with Gasteiger partial charge >= 0.3 is 0 Å². The van der Waals surface area contributed by atoms with Crippen molar-refractivity contribution < 1.29 is 0 Å². The fraction of sp³-hybridized carbons (Fsp3) is 0.286. The van der Waals surface area contributed by atoms with Crippen LogP contribution in [0.3, 0.4) is 0 Å². The quantitative estimate of drug-likeness (QED) is 0.825. The Morgan fingerprint density at radius 2 is 1.56 bits per heavy atom. The fourth-order valence-electron chi connectivity index (χ4n) is 2.12. The Bertz CT molecular complexity index is 618. The molecule has 2 rings (SSSR count). The van der Waals surface area contributed by atoms with E-state index in [0.717, 1.165) is 18.8 Å². The molecular formula is C14H16N2O2. The number of hydrogen-bond acceptors (Lipinski definition) is 4. The standard InChI is InChI=1S/C14H16N2O2/c1-3-16(4-2)10-7-5-9(6-8-10)11-12(15)14(18)13(11)17/h5-8H,3-4,15H2,1-2H3. The van der Waals surface area contributed by atoms with Gasteiger partial charge in [-0.15, -0.1) is 0 Å². The lowest BCUT2D eigenvalue weighted by atomic mass is 9.99. The Hall–Kier alpha value is -2.10. The van der Waals surface area contributed by atoms with Crippen LogP contribution in [0.2, 0.25) is 0 Å². The van der Waals surface area contributed by atoms with E-state index in [9.17, 15) is 9.59 Å². The highest BCUT2D eigenvalue weighted by atomic mass is 16.2. The molecule has 0 spiro atoms. The van der Waals surface area contributed by atoms with Crippen LogP contribution >= 0.6 is 0 Å². The predicted molar refractivity (Wildman–Crippen MR) is 74.8 cm³/mol. The summed E-state index contributed by atoms with van der Waals surface area (Å²) in [7, 11) is 0. The van der Waals surface area contributed by atoms with Crippen LogP contribution in [0.5, 0.6) is 0 Å². The predicted octanol–water partition coefficient (Wildman–Crippen LogP) is 1.38. The molecule has 4 nitrogen and oxygen atoms in total. The minimum absolute atomic E-state index is 0.0792. The minimum atomic E-state index is -0.571. The van der Waals surface area contributed by atoms with Crippen molar-refractivity contribution in [1.82, 2.24) is 0 Å². The van der Waals surface area contributed by atoms with Crippen molar-refractivity contribution in [1.29, 1.82) is 0 Å². The summed E-state index contributed by atoms with van der Waals surface area (Å²) >= 11 is 0. The molecule has 0 radical (unpaired) electrons. The third-order valence-electron chi connectivity index (χ3n) is 3.23. The third-order valence-corrected chi connectivity index (χ3v) is 3.23. The van der Waals surface area contributed by atoms with Crippen LogP contribution in [0, 0.1) is 0 Å². The molecule has 0 bridgehead atoms. The zero-order chi connectivity index (χ0) is 13.3. The molecule has 2 aromatic rings. The molecule has 2 N–H and O–H groups in total. The molecule has 0 unspecified atom stereocenters. The van der Waals surface area contributed by atoms with Crippen LogP contribution in [0.1, 0.15) is 13.8 Å². The number of benzene rings is 1. The maximum absolute atomic E-state index is 11.4. The second-order valence-corrected chi connectivity index (χ2v) is 4.17. The Morgan fingerprint density at radius 1 is 1.00 bits per heavy atom. The van der Waals surface area contributed by atoms with Crippen molar-refractivity contribution in [2.45, 2.75) is 13.8 Å². The summed E-state index contributed by atoms with van der Waals surface area (Å²) in [6.07, 6.45) is 0. The van der Waals surface area contributed by atoms with Gasteiger partial charge in [0.25, 0.3) is 0 Å². The molecule has 4 heteroatoms. The van der Waals surface area contributed by atoms with E-state index in [1.54, 1.807) is 0 Å². The highest BCUT2D eigenvalue weighted by molar-refractivity contribution is 5.80. The molecule has 0 aliphatic heterocycles. The molecule has 0 saturated carbocycles. The summed E-state index contributed by atoms with van der Waals surface area (Å²) in [5.41, 5.74) is 6.73. The number of nitrogens with zero attached hydrogens (tertiary/aromatic N) is 1. The molecular weight excluding hydrogens is 228 g/mol. The molecule has 0 fully saturated rings. The van der Waals surface area contributed by atoms with E-state index in [1.807, 2.05) is 24.3 Å². The lowest BCUT2D eigenvalue weighted by Crippen LogP contribution is -2.35.